The van der Waals surface area contributed by atoms with Gasteiger partial charge in [0.05, 0.1) is 18.5 Å². The van der Waals surface area contributed by atoms with Gasteiger partial charge in [0.1, 0.15) is 0 Å². The summed E-state index contributed by atoms with van der Waals surface area (Å²) in [4.78, 5) is 12.7. The van der Waals surface area contributed by atoms with Crippen molar-refractivity contribution in [3.05, 3.63) is 0 Å². The third kappa shape index (κ3) is 2.71. The van der Waals surface area contributed by atoms with Gasteiger partial charge in [-0.1, -0.05) is 12.8 Å². The maximum absolute atomic E-state index is 10.7. The summed E-state index contributed by atoms with van der Waals surface area (Å²) in [6.45, 7) is 0.253. The van der Waals surface area contributed by atoms with E-state index >= 15 is 0 Å². The average molecular weight is 195 g/mol. The zero-order chi connectivity index (χ0) is 10.6. The molecule has 0 spiro atoms. The third-order valence-corrected chi connectivity index (χ3v) is 2.87. The summed E-state index contributed by atoms with van der Waals surface area (Å²) >= 11 is 0. The number of hydrogen-bond donors (Lipinski definition) is 1. The first-order valence-electron chi connectivity index (χ1n) is 5.03. The molecule has 0 aromatic carbocycles. The lowest BCUT2D eigenvalue weighted by molar-refractivity contribution is -0.119. The summed E-state index contributed by atoms with van der Waals surface area (Å²) in [5.41, 5.74) is 5.12. The predicted molar refractivity (Wildman–Crippen MR) is 53.2 cm³/mol. The molecular formula is C10H17N3O. The van der Waals surface area contributed by atoms with Gasteiger partial charge in [-0.05, 0) is 19.9 Å². The first kappa shape index (κ1) is 11.0. The Morgan fingerprint density at radius 1 is 1.57 bits per heavy atom. The number of amides is 1. The number of likely N-dealkylation sites (N-methyl/N-ethyl adjacent to an activating group) is 1. The minimum atomic E-state index is -0.324. The minimum absolute atomic E-state index is 0.0631. The number of hydrogen-bond acceptors (Lipinski definition) is 3. The van der Waals surface area contributed by atoms with Crippen molar-refractivity contribution < 1.29 is 4.79 Å². The SMILES string of the molecule is CN(CC(N)=O)C1CCCCC1C#N. The van der Waals surface area contributed by atoms with Crippen LogP contribution in [-0.4, -0.2) is 30.4 Å². The van der Waals surface area contributed by atoms with Crippen molar-refractivity contribution in [3.63, 3.8) is 0 Å². The summed E-state index contributed by atoms with van der Waals surface area (Å²) < 4.78 is 0. The Kier molecular flexibility index (Phi) is 3.90. The fourth-order valence-electron chi connectivity index (χ4n) is 2.15. The molecule has 0 aliphatic heterocycles. The molecule has 1 amide bonds. The van der Waals surface area contributed by atoms with E-state index < -0.39 is 0 Å². The minimum Gasteiger partial charge on any atom is -0.369 e. The Balaban J connectivity index is 2.55. The highest BCUT2D eigenvalue weighted by Crippen LogP contribution is 2.26. The molecule has 1 saturated carbocycles. The highest BCUT2D eigenvalue weighted by Gasteiger charge is 2.28. The fraction of sp³-hybridized carbons (Fsp3) is 0.800. The molecule has 1 fully saturated rings. The lowest BCUT2D eigenvalue weighted by Crippen LogP contribution is -2.43. The van der Waals surface area contributed by atoms with E-state index in [1.165, 1.54) is 0 Å². The summed E-state index contributed by atoms with van der Waals surface area (Å²) in [6.07, 6.45) is 4.22. The summed E-state index contributed by atoms with van der Waals surface area (Å²) in [7, 11) is 1.87. The summed E-state index contributed by atoms with van der Waals surface area (Å²) in [5, 5.41) is 8.95. The van der Waals surface area contributed by atoms with Crippen molar-refractivity contribution in [3.8, 4) is 6.07 Å². The van der Waals surface area contributed by atoms with Crippen LogP contribution in [0.1, 0.15) is 25.7 Å². The smallest absolute Gasteiger partial charge is 0.231 e. The molecule has 2 atom stereocenters. The van der Waals surface area contributed by atoms with Crippen LogP contribution in [0, 0.1) is 17.2 Å². The van der Waals surface area contributed by atoms with Crippen molar-refractivity contribution in [1.82, 2.24) is 4.90 Å². The summed E-state index contributed by atoms with van der Waals surface area (Å²) in [5.74, 6) is -0.261. The molecule has 4 heteroatoms. The maximum Gasteiger partial charge on any atom is 0.231 e. The van der Waals surface area contributed by atoms with Crippen LogP contribution in [0.25, 0.3) is 0 Å². The number of nitriles is 1. The van der Waals surface area contributed by atoms with E-state index in [1.807, 2.05) is 11.9 Å². The van der Waals surface area contributed by atoms with E-state index in [9.17, 15) is 4.79 Å². The van der Waals surface area contributed by atoms with Crippen LogP contribution in [0.5, 0.6) is 0 Å². The number of carbonyl (C=O) groups is 1. The lowest BCUT2D eigenvalue weighted by atomic mass is 9.84. The van der Waals surface area contributed by atoms with Crippen LogP contribution in [0.4, 0.5) is 0 Å². The second-order valence-corrected chi connectivity index (χ2v) is 3.97. The number of nitrogens with zero attached hydrogens (tertiary/aromatic N) is 2. The van der Waals surface area contributed by atoms with Crippen molar-refractivity contribution in [2.75, 3.05) is 13.6 Å². The normalized spacial score (nSPS) is 27.2. The van der Waals surface area contributed by atoms with Gasteiger partial charge in [0.15, 0.2) is 0 Å². The molecule has 1 aliphatic carbocycles. The van der Waals surface area contributed by atoms with Crippen LogP contribution in [-0.2, 0) is 4.79 Å². The Hall–Kier alpha value is -1.08. The Bertz CT molecular complexity index is 246. The quantitative estimate of drug-likeness (QED) is 0.712. The molecule has 2 unspecified atom stereocenters. The van der Waals surface area contributed by atoms with Gasteiger partial charge in [-0.2, -0.15) is 5.26 Å². The van der Waals surface area contributed by atoms with Gasteiger partial charge < -0.3 is 5.73 Å². The Morgan fingerprint density at radius 2 is 2.21 bits per heavy atom. The molecule has 0 saturated heterocycles. The van der Waals surface area contributed by atoms with Gasteiger partial charge in [0.25, 0.3) is 0 Å². The second-order valence-electron chi connectivity index (χ2n) is 3.97. The zero-order valence-electron chi connectivity index (χ0n) is 8.57. The zero-order valence-corrected chi connectivity index (χ0v) is 8.57. The third-order valence-electron chi connectivity index (χ3n) is 2.87. The highest BCUT2D eigenvalue weighted by atomic mass is 16.1. The Morgan fingerprint density at radius 3 is 2.79 bits per heavy atom. The number of rotatable bonds is 3. The van der Waals surface area contributed by atoms with Gasteiger partial charge in [0.2, 0.25) is 5.91 Å². The molecule has 0 radical (unpaired) electrons. The number of carbonyl (C=O) groups excluding carboxylic acids is 1. The molecule has 0 aromatic heterocycles. The van der Waals surface area contributed by atoms with Crippen LogP contribution >= 0.6 is 0 Å². The van der Waals surface area contributed by atoms with Crippen molar-refractivity contribution in [2.45, 2.75) is 31.7 Å². The van der Waals surface area contributed by atoms with Gasteiger partial charge in [-0.3, -0.25) is 9.69 Å². The monoisotopic (exact) mass is 195 g/mol. The topological polar surface area (TPSA) is 70.1 Å². The van der Waals surface area contributed by atoms with Gasteiger partial charge in [0, 0.05) is 6.04 Å². The molecule has 1 rings (SSSR count). The van der Waals surface area contributed by atoms with Crippen molar-refractivity contribution in [2.24, 2.45) is 11.7 Å². The van der Waals surface area contributed by atoms with Crippen molar-refractivity contribution in [1.29, 1.82) is 5.26 Å². The maximum atomic E-state index is 10.7. The molecule has 4 nitrogen and oxygen atoms in total. The summed E-state index contributed by atoms with van der Waals surface area (Å²) in [6, 6.07) is 2.52. The standard InChI is InChI=1S/C10H17N3O/c1-13(7-10(12)14)9-5-3-2-4-8(9)6-11/h8-9H,2-5,7H2,1H3,(H2,12,14). The van der Waals surface area contributed by atoms with E-state index in [0.29, 0.717) is 0 Å². The van der Waals surface area contributed by atoms with E-state index in [0.717, 1.165) is 25.7 Å². The molecule has 2 N–H and O–H groups in total. The molecule has 0 bridgehead atoms. The van der Waals surface area contributed by atoms with E-state index in [2.05, 4.69) is 6.07 Å². The van der Waals surface area contributed by atoms with Crippen molar-refractivity contribution >= 4 is 5.91 Å². The number of nitrogens with two attached hydrogens (primary N) is 1. The van der Waals surface area contributed by atoms with E-state index in [-0.39, 0.29) is 24.4 Å². The molecule has 0 aromatic rings. The second kappa shape index (κ2) is 4.97. The first-order chi connectivity index (χ1) is 6.65. The van der Waals surface area contributed by atoms with Gasteiger partial charge in [-0.15, -0.1) is 0 Å². The largest absolute Gasteiger partial charge is 0.369 e. The average Bonchev–Trinajstić information content (AvgIpc) is 2.16. The number of primary amides is 1. The van der Waals surface area contributed by atoms with E-state index in [4.69, 9.17) is 11.0 Å². The highest BCUT2D eigenvalue weighted by molar-refractivity contribution is 5.75. The van der Waals surface area contributed by atoms with Crippen LogP contribution in [0.15, 0.2) is 0 Å². The van der Waals surface area contributed by atoms with Crippen LogP contribution in [0.2, 0.25) is 0 Å². The molecule has 14 heavy (non-hydrogen) atoms. The molecule has 78 valence electrons. The van der Waals surface area contributed by atoms with Crippen LogP contribution < -0.4 is 5.73 Å². The predicted octanol–water partition coefficient (Wildman–Crippen LogP) is 0.486. The molecule has 0 heterocycles. The first-order valence-corrected chi connectivity index (χ1v) is 5.03. The van der Waals surface area contributed by atoms with Crippen LogP contribution in [0.3, 0.4) is 0 Å². The Labute approximate surface area is 84.7 Å². The molecule has 1 aliphatic rings. The lowest BCUT2D eigenvalue weighted by Gasteiger charge is -2.33. The van der Waals surface area contributed by atoms with E-state index in [1.54, 1.807) is 0 Å². The molecular weight excluding hydrogens is 178 g/mol. The van der Waals surface area contributed by atoms with Gasteiger partial charge in [-0.25, -0.2) is 0 Å². The van der Waals surface area contributed by atoms with Gasteiger partial charge >= 0.3 is 0 Å². The fourth-order valence-corrected chi connectivity index (χ4v) is 2.15.